The van der Waals surface area contributed by atoms with Crippen LogP contribution >= 0.6 is 11.8 Å². The van der Waals surface area contributed by atoms with Crippen molar-refractivity contribution in [1.29, 1.82) is 0 Å². The van der Waals surface area contributed by atoms with Crippen molar-refractivity contribution >= 4 is 23.6 Å². The summed E-state index contributed by atoms with van der Waals surface area (Å²) in [4.78, 5) is 26.9. The summed E-state index contributed by atoms with van der Waals surface area (Å²) < 4.78 is 0. The Hall–Kier alpha value is -2.27. The Morgan fingerprint density at radius 1 is 1.07 bits per heavy atom. The zero-order valence-electron chi connectivity index (χ0n) is 17.0. The molecule has 0 aliphatic heterocycles. The monoisotopic (exact) mass is 398 g/mol. The predicted molar refractivity (Wildman–Crippen MR) is 117 cm³/mol. The molecule has 2 amide bonds. The lowest BCUT2D eigenvalue weighted by molar-refractivity contribution is -0.137. The van der Waals surface area contributed by atoms with Crippen molar-refractivity contribution in [3.63, 3.8) is 0 Å². The number of carbonyl (C=O) groups is 2. The molecule has 1 unspecified atom stereocenters. The van der Waals surface area contributed by atoms with E-state index in [2.05, 4.69) is 30.4 Å². The maximum atomic E-state index is 12.9. The maximum absolute atomic E-state index is 12.9. The van der Waals surface area contributed by atoms with Crippen LogP contribution in [0.1, 0.15) is 30.5 Å². The van der Waals surface area contributed by atoms with Gasteiger partial charge in [0, 0.05) is 18.8 Å². The molecule has 28 heavy (non-hydrogen) atoms. The summed E-state index contributed by atoms with van der Waals surface area (Å²) in [6.07, 6.45) is 0.735. The van der Waals surface area contributed by atoms with Crippen LogP contribution in [-0.4, -0.2) is 41.6 Å². The van der Waals surface area contributed by atoms with Crippen molar-refractivity contribution in [3.8, 4) is 0 Å². The average molecular weight is 399 g/mol. The molecule has 0 aliphatic rings. The zero-order valence-corrected chi connectivity index (χ0v) is 17.8. The first kappa shape index (κ1) is 22.0. The van der Waals surface area contributed by atoms with Crippen LogP contribution in [0, 0.1) is 6.92 Å². The first-order chi connectivity index (χ1) is 13.5. The second-order valence-corrected chi connectivity index (χ2v) is 7.86. The van der Waals surface area contributed by atoms with E-state index in [4.69, 9.17) is 0 Å². The normalized spacial score (nSPS) is 11.7. The van der Waals surface area contributed by atoms with E-state index in [0.29, 0.717) is 18.8 Å². The molecule has 0 spiro atoms. The van der Waals surface area contributed by atoms with Gasteiger partial charge in [-0.1, -0.05) is 60.2 Å². The SMILES string of the molecule is CCNC(=O)C(C)N(CCc1ccccc1)C(=O)CSCc1cccc(C)c1. The standard InChI is InChI=1S/C23H30N2O2S/c1-4-24-23(27)19(3)25(14-13-20-10-6-5-7-11-20)22(26)17-28-16-21-12-8-9-18(2)15-21/h5-12,15,19H,4,13-14,16-17H2,1-3H3,(H,24,27). The van der Waals surface area contributed by atoms with E-state index in [-0.39, 0.29) is 11.8 Å². The second kappa shape index (κ2) is 11.5. The summed E-state index contributed by atoms with van der Waals surface area (Å²) in [6.45, 7) is 6.86. The molecular formula is C23H30N2O2S. The van der Waals surface area contributed by atoms with Crippen molar-refractivity contribution in [2.75, 3.05) is 18.8 Å². The number of rotatable bonds is 10. The van der Waals surface area contributed by atoms with Crippen LogP contribution in [0.4, 0.5) is 0 Å². The van der Waals surface area contributed by atoms with Crippen LogP contribution in [0.25, 0.3) is 0 Å². The molecular weight excluding hydrogens is 368 g/mol. The summed E-state index contributed by atoms with van der Waals surface area (Å²) in [7, 11) is 0. The average Bonchev–Trinajstić information content (AvgIpc) is 2.69. The number of carbonyl (C=O) groups excluding carboxylic acids is 2. The molecule has 0 fully saturated rings. The summed E-state index contributed by atoms with van der Waals surface area (Å²) in [5.74, 6) is 1.06. The largest absolute Gasteiger partial charge is 0.355 e. The Kier molecular flexibility index (Phi) is 9.08. The van der Waals surface area contributed by atoms with Gasteiger partial charge in [-0.3, -0.25) is 9.59 Å². The first-order valence-corrected chi connectivity index (χ1v) is 10.9. The Balaban J connectivity index is 1.97. The minimum atomic E-state index is -0.476. The van der Waals surface area contributed by atoms with Gasteiger partial charge in [-0.25, -0.2) is 0 Å². The molecule has 4 nitrogen and oxygen atoms in total. The lowest BCUT2D eigenvalue weighted by Crippen LogP contribution is -2.49. The molecule has 2 rings (SSSR count). The number of amides is 2. The Morgan fingerprint density at radius 3 is 2.46 bits per heavy atom. The van der Waals surface area contributed by atoms with E-state index in [0.717, 1.165) is 17.7 Å². The van der Waals surface area contributed by atoms with Gasteiger partial charge >= 0.3 is 0 Å². The number of thioether (sulfide) groups is 1. The van der Waals surface area contributed by atoms with Crippen LogP contribution in [0.3, 0.4) is 0 Å². The fourth-order valence-electron chi connectivity index (χ4n) is 3.03. The molecule has 1 atom stereocenters. The molecule has 0 radical (unpaired) electrons. The highest BCUT2D eigenvalue weighted by Gasteiger charge is 2.25. The highest BCUT2D eigenvalue weighted by Crippen LogP contribution is 2.15. The van der Waals surface area contributed by atoms with E-state index in [1.807, 2.05) is 43.3 Å². The Morgan fingerprint density at radius 2 is 1.79 bits per heavy atom. The lowest BCUT2D eigenvalue weighted by atomic mass is 10.1. The molecule has 150 valence electrons. The number of nitrogens with zero attached hydrogens (tertiary/aromatic N) is 1. The summed E-state index contributed by atoms with van der Waals surface area (Å²) >= 11 is 1.59. The zero-order chi connectivity index (χ0) is 20.4. The van der Waals surface area contributed by atoms with E-state index in [1.165, 1.54) is 11.1 Å². The van der Waals surface area contributed by atoms with Crippen molar-refractivity contribution in [1.82, 2.24) is 10.2 Å². The van der Waals surface area contributed by atoms with Gasteiger partial charge in [0.05, 0.1) is 5.75 Å². The fourth-order valence-corrected chi connectivity index (χ4v) is 3.89. The highest BCUT2D eigenvalue weighted by atomic mass is 32.2. The van der Waals surface area contributed by atoms with Crippen molar-refractivity contribution in [2.24, 2.45) is 0 Å². The van der Waals surface area contributed by atoms with Crippen molar-refractivity contribution in [3.05, 3.63) is 71.3 Å². The summed E-state index contributed by atoms with van der Waals surface area (Å²) in [6, 6.07) is 17.9. The van der Waals surface area contributed by atoms with Crippen LogP contribution in [-0.2, 0) is 21.8 Å². The van der Waals surface area contributed by atoms with Gasteiger partial charge in [-0.05, 0) is 38.3 Å². The van der Waals surface area contributed by atoms with E-state index in [9.17, 15) is 9.59 Å². The van der Waals surface area contributed by atoms with Crippen molar-refractivity contribution in [2.45, 2.75) is 39.0 Å². The third-order valence-corrected chi connectivity index (χ3v) is 5.57. The van der Waals surface area contributed by atoms with Gasteiger partial charge < -0.3 is 10.2 Å². The molecule has 2 aromatic carbocycles. The molecule has 2 aromatic rings. The van der Waals surface area contributed by atoms with E-state index < -0.39 is 6.04 Å². The molecule has 0 aromatic heterocycles. The highest BCUT2D eigenvalue weighted by molar-refractivity contribution is 7.99. The van der Waals surface area contributed by atoms with Gasteiger partial charge in [-0.2, -0.15) is 0 Å². The number of aryl methyl sites for hydroxylation is 1. The van der Waals surface area contributed by atoms with Crippen LogP contribution < -0.4 is 5.32 Å². The van der Waals surface area contributed by atoms with E-state index >= 15 is 0 Å². The van der Waals surface area contributed by atoms with Gasteiger partial charge in [0.2, 0.25) is 11.8 Å². The topological polar surface area (TPSA) is 49.4 Å². The van der Waals surface area contributed by atoms with Gasteiger partial charge in [-0.15, -0.1) is 11.8 Å². The predicted octanol–water partition coefficient (Wildman–Crippen LogP) is 3.82. The minimum absolute atomic E-state index is 0.00679. The van der Waals surface area contributed by atoms with E-state index in [1.54, 1.807) is 23.6 Å². The lowest BCUT2D eigenvalue weighted by Gasteiger charge is -2.28. The number of hydrogen-bond acceptors (Lipinski definition) is 3. The summed E-state index contributed by atoms with van der Waals surface area (Å²) in [5.41, 5.74) is 3.60. The fraction of sp³-hybridized carbons (Fsp3) is 0.391. The smallest absolute Gasteiger partial charge is 0.242 e. The number of nitrogens with one attached hydrogen (secondary N) is 1. The summed E-state index contributed by atoms with van der Waals surface area (Å²) in [5, 5.41) is 2.83. The third-order valence-electron chi connectivity index (χ3n) is 4.58. The van der Waals surface area contributed by atoms with Gasteiger partial charge in [0.15, 0.2) is 0 Å². The Labute approximate surface area is 172 Å². The van der Waals surface area contributed by atoms with Gasteiger partial charge in [0.1, 0.15) is 6.04 Å². The second-order valence-electron chi connectivity index (χ2n) is 6.88. The molecule has 1 N–H and O–H groups in total. The quantitative estimate of drug-likeness (QED) is 0.662. The number of benzene rings is 2. The minimum Gasteiger partial charge on any atom is -0.355 e. The molecule has 0 saturated heterocycles. The van der Waals surface area contributed by atoms with Crippen LogP contribution in [0.2, 0.25) is 0 Å². The number of hydrogen-bond donors (Lipinski definition) is 1. The molecule has 0 aliphatic carbocycles. The molecule has 0 heterocycles. The van der Waals surface area contributed by atoms with Crippen molar-refractivity contribution < 1.29 is 9.59 Å². The Bertz CT molecular complexity index is 764. The molecule has 5 heteroatoms. The first-order valence-electron chi connectivity index (χ1n) is 9.75. The maximum Gasteiger partial charge on any atom is 0.242 e. The molecule has 0 saturated carbocycles. The van der Waals surface area contributed by atoms with Crippen LogP contribution in [0.5, 0.6) is 0 Å². The van der Waals surface area contributed by atoms with Gasteiger partial charge in [0.25, 0.3) is 0 Å². The third kappa shape index (κ3) is 7.04. The molecule has 0 bridgehead atoms. The van der Waals surface area contributed by atoms with Crippen LogP contribution in [0.15, 0.2) is 54.6 Å². The number of likely N-dealkylation sites (N-methyl/N-ethyl adjacent to an activating group) is 1.